The number of benzene rings is 2. The second-order valence-corrected chi connectivity index (χ2v) is 6.83. The molecule has 0 unspecified atom stereocenters. The smallest absolute Gasteiger partial charge is 0.310 e. The van der Waals surface area contributed by atoms with E-state index in [2.05, 4.69) is 0 Å². The van der Waals surface area contributed by atoms with Crippen LogP contribution in [0.25, 0.3) is 0 Å². The molecule has 2 aromatic rings. The normalized spacial score (nSPS) is 25.2. The Morgan fingerprint density at radius 2 is 1.12 bits per heavy atom. The van der Waals surface area contributed by atoms with Crippen molar-refractivity contribution >= 4 is 23.3 Å². The molecule has 0 saturated heterocycles. The molecule has 0 amide bonds. The van der Waals surface area contributed by atoms with E-state index >= 15 is 0 Å². The molecule has 4 N–H and O–H groups in total. The van der Waals surface area contributed by atoms with Crippen molar-refractivity contribution in [3.63, 3.8) is 0 Å². The predicted molar refractivity (Wildman–Crippen MR) is 96.4 cm³/mol. The van der Waals surface area contributed by atoms with Gasteiger partial charge in [0.2, 0.25) is 0 Å². The van der Waals surface area contributed by atoms with Crippen molar-refractivity contribution in [2.75, 3.05) is 25.7 Å². The monoisotopic (exact) mass is 352 g/mol. The van der Waals surface area contributed by atoms with Gasteiger partial charge < -0.3 is 20.9 Å². The largest absolute Gasteiger partial charge is 0.469 e. The van der Waals surface area contributed by atoms with Crippen LogP contribution < -0.4 is 11.5 Å². The molecule has 2 bridgehead atoms. The van der Waals surface area contributed by atoms with Gasteiger partial charge in [-0.05, 0) is 46.5 Å². The van der Waals surface area contributed by atoms with Crippen LogP contribution in [0.2, 0.25) is 0 Å². The minimum atomic E-state index is -0.680. The van der Waals surface area contributed by atoms with Crippen molar-refractivity contribution in [3.8, 4) is 0 Å². The molecule has 0 aliphatic heterocycles. The molecule has 0 aromatic heterocycles. The highest BCUT2D eigenvalue weighted by Crippen LogP contribution is 2.59. The van der Waals surface area contributed by atoms with Crippen LogP contribution in [0.15, 0.2) is 36.4 Å². The first kappa shape index (κ1) is 16.4. The van der Waals surface area contributed by atoms with Gasteiger partial charge in [-0.15, -0.1) is 0 Å². The second-order valence-electron chi connectivity index (χ2n) is 6.83. The highest BCUT2D eigenvalue weighted by atomic mass is 16.5. The van der Waals surface area contributed by atoms with Gasteiger partial charge in [0.25, 0.3) is 0 Å². The second kappa shape index (κ2) is 5.76. The van der Waals surface area contributed by atoms with E-state index < -0.39 is 23.8 Å². The highest BCUT2D eigenvalue weighted by molar-refractivity contribution is 5.88. The Morgan fingerprint density at radius 3 is 1.50 bits per heavy atom. The molecule has 134 valence electrons. The van der Waals surface area contributed by atoms with Gasteiger partial charge in [-0.1, -0.05) is 12.1 Å². The summed E-state index contributed by atoms with van der Waals surface area (Å²) in [6.45, 7) is 0. The fourth-order valence-corrected chi connectivity index (χ4v) is 4.65. The van der Waals surface area contributed by atoms with Crippen molar-refractivity contribution < 1.29 is 19.1 Å². The standard InChI is InChI=1S/C20H20N2O4/c1-25-19(23)17-15-11-5-3-9(21)7-13(11)16(18(17)20(24)26-2)14-8-10(22)4-6-12(14)15/h3-8,15-18H,21-22H2,1-2H3/t15?,16?,17-,18-/m0/s1. The van der Waals surface area contributed by atoms with Crippen LogP contribution in [0.4, 0.5) is 11.4 Å². The number of carbonyl (C=O) groups is 2. The first-order valence-corrected chi connectivity index (χ1v) is 8.42. The third-order valence-corrected chi connectivity index (χ3v) is 5.61. The van der Waals surface area contributed by atoms with E-state index in [1.807, 2.05) is 36.4 Å². The van der Waals surface area contributed by atoms with Crippen molar-refractivity contribution in [1.82, 2.24) is 0 Å². The lowest BCUT2D eigenvalue weighted by atomic mass is 9.54. The summed E-state index contributed by atoms with van der Waals surface area (Å²) < 4.78 is 10.1. The maximum atomic E-state index is 12.7. The summed E-state index contributed by atoms with van der Waals surface area (Å²) in [6, 6.07) is 11.3. The number of carbonyl (C=O) groups excluding carboxylic acids is 2. The van der Waals surface area contributed by atoms with Gasteiger partial charge in [0.05, 0.1) is 26.1 Å². The third kappa shape index (κ3) is 2.11. The van der Waals surface area contributed by atoms with Crippen LogP contribution >= 0.6 is 0 Å². The molecule has 0 radical (unpaired) electrons. The van der Waals surface area contributed by atoms with Crippen LogP contribution in [0.1, 0.15) is 34.1 Å². The topological polar surface area (TPSA) is 105 Å². The van der Waals surface area contributed by atoms with E-state index in [1.54, 1.807) is 0 Å². The number of hydrogen-bond acceptors (Lipinski definition) is 6. The minimum absolute atomic E-state index is 0.303. The summed E-state index contributed by atoms with van der Waals surface area (Å²) in [4.78, 5) is 25.3. The zero-order valence-electron chi connectivity index (χ0n) is 14.6. The molecule has 26 heavy (non-hydrogen) atoms. The molecule has 3 aliphatic rings. The fourth-order valence-electron chi connectivity index (χ4n) is 4.65. The lowest BCUT2D eigenvalue weighted by Crippen LogP contribution is -2.47. The molecule has 0 heterocycles. The average Bonchev–Trinajstić information content (AvgIpc) is 2.65. The predicted octanol–water partition coefficient (Wildman–Crippen LogP) is 2.02. The molecular formula is C20H20N2O4. The Balaban J connectivity index is 2.04. The number of ether oxygens (including phenoxy) is 2. The Labute approximate surface area is 151 Å². The maximum Gasteiger partial charge on any atom is 0.310 e. The highest BCUT2D eigenvalue weighted by Gasteiger charge is 2.56. The van der Waals surface area contributed by atoms with Crippen molar-refractivity contribution in [3.05, 3.63) is 58.7 Å². The van der Waals surface area contributed by atoms with E-state index in [0.29, 0.717) is 11.4 Å². The number of nitrogens with two attached hydrogens (primary N) is 2. The lowest BCUT2D eigenvalue weighted by molar-refractivity contribution is -0.160. The number of hydrogen-bond donors (Lipinski definition) is 2. The van der Waals surface area contributed by atoms with Gasteiger partial charge in [-0.25, -0.2) is 0 Å². The van der Waals surface area contributed by atoms with E-state index in [-0.39, 0.29) is 11.8 Å². The summed E-state index contributed by atoms with van der Waals surface area (Å²) in [6.07, 6.45) is 0. The van der Waals surface area contributed by atoms with E-state index in [9.17, 15) is 9.59 Å². The van der Waals surface area contributed by atoms with Gasteiger partial charge in [0.15, 0.2) is 0 Å². The molecule has 3 aliphatic carbocycles. The summed E-state index contributed by atoms with van der Waals surface area (Å²) in [5, 5.41) is 0. The number of anilines is 2. The Bertz CT molecular complexity index is 871. The van der Waals surface area contributed by atoms with E-state index in [0.717, 1.165) is 22.3 Å². The van der Waals surface area contributed by atoms with Crippen molar-refractivity contribution in [2.24, 2.45) is 11.8 Å². The quantitative estimate of drug-likeness (QED) is 0.633. The van der Waals surface area contributed by atoms with Crippen molar-refractivity contribution in [2.45, 2.75) is 11.8 Å². The van der Waals surface area contributed by atoms with Crippen molar-refractivity contribution in [1.29, 1.82) is 0 Å². The van der Waals surface area contributed by atoms with E-state index in [4.69, 9.17) is 20.9 Å². The maximum absolute atomic E-state index is 12.7. The minimum Gasteiger partial charge on any atom is -0.469 e. The molecular weight excluding hydrogens is 332 g/mol. The van der Waals surface area contributed by atoms with Gasteiger partial charge >= 0.3 is 11.9 Å². The fraction of sp³-hybridized carbons (Fsp3) is 0.300. The molecule has 0 saturated carbocycles. The lowest BCUT2D eigenvalue weighted by Gasteiger charge is -2.48. The number of rotatable bonds is 2. The number of methoxy groups -OCH3 is 2. The van der Waals surface area contributed by atoms with Gasteiger partial charge in [0.1, 0.15) is 0 Å². The number of esters is 2. The summed E-state index contributed by atoms with van der Waals surface area (Å²) in [5.74, 6) is -2.83. The van der Waals surface area contributed by atoms with Crippen LogP contribution in [-0.2, 0) is 19.1 Å². The molecule has 2 aromatic carbocycles. The van der Waals surface area contributed by atoms with Gasteiger partial charge in [-0.3, -0.25) is 9.59 Å². The number of fused-ring (bicyclic) bond motifs is 1. The Morgan fingerprint density at radius 1 is 0.731 bits per heavy atom. The molecule has 6 nitrogen and oxygen atoms in total. The van der Waals surface area contributed by atoms with Gasteiger partial charge in [-0.2, -0.15) is 0 Å². The molecule has 6 heteroatoms. The molecule has 0 spiro atoms. The summed E-state index contributed by atoms with van der Waals surface area (Å²) in [7, 11) is 2.67. The van der Waals surface area contributed by atoms with Gasteiger partial charge in [0, 0.05) is 23.2 Å². The summed E-state index contributed by atoms with van der Waals surface area (Å²) in [5.41, 5.74) is 17.1. The number of nitrogen functional groups attached to an aromatic ring is 2. The average molecular weight is 352 g/mol. The Kier molecular flexibility index (Phi) is 3.64. The van der Waals surface area contributed by atoms with E-state index in [1.165, 1.54) is 14.2 Å². The molecule has 2 atom stereocenters. The zero-order valence-corrected chi connectivity index (χ0v) is 14.6. The Hall–Kier alpha value is -3.02. The first-order valence-electron chi connectivity index (χ1n) is 8.42. The SMILES string of the molecule is COC(=O)[C@H]1C2c3ccc(N)cc3C(c3cc(N)ccc32)[C@@H]1C(=O)OC. The molecule has 0 fully saturated rings. The van der Waals surface area contributed by atoms with Crippen LogP contribution in [-0.4, -0.2) is 26.2 Å². The molecule has 5 rings (SSSR count). The van der Waals surface area contributed by atoms with Crippen LogP contribution in [0.3, 0.4) is 0 Å². The van der Waals surface area contributed by atoms with Crippen LogP contribution in [0.5, 0.6) is 0 Å². The van der Waals surface area contributed by atoms with Crippen LogP contribution in [0, 0.1) is 11.8 Å². The summed E-state index contributed by atoms with van der Waals surface area (Å²) >= 11 is 0. The zero-order chi connectivity index (χ0) is 18.6. The first-order chi connectivity index (χ1) is 12.5. The third-order valence-electron chi connectivity index (χ3n) is 5.61.